The highest BCUT2D eigenvalue weighted by molar-refractivity contribution is 8.00. The maximum atomic E-state index is 12.3. The summed E-state index contributed by atoms with van der Waals surface area (Å²) in [6.45, 7) is 3.11. The first-order valence-corrected chi connectivity index (χ1v) is 9.21. The minimum absolute atomic E-state index is 0.102. The van der Waals surface area contributed by atoms with Crippen LogP contribution in [-0.4, -0.2) is 62.4 Å². The summed E-state index contributed by atoms with van der Waals surface area (Å²) in [5.41, 5.74) is 0.713. The van der Waals surface area contributed by atoms with Gasteiger partial charge in [-0.15, -0.1) is 11.8 Å². The monoisotopic (exact) mass is 378 g/mol. The molecule has 0 aliphatic rings. The van der Waals surface area contributed by atoms with Crippen LogP contribution in [-0.2, 0) is 14.3 Å². The van der Waals surface area contributed by atoms with Gasteiger partial charge in [0.25, 0.3) is 0 Å². The second-order valence-corrected chi connectivity index (χ2v) is 7.33. The summed E-state index contributed by atoms with van der Waals surface area (Å²) in [5, 5.41) is 14.5. The number of carbonyl (C=O) groups excluding carboxylic acids is 2. The Hall–Kier alpha value is -2.08. The number of methoxy groups -OCH3 is 1. The van der Waals surface area contributed by atoms with E-state index in [1.54, 1.807) is 30.8 Å². The molecule has 0 spiro atoms. The number of thioether (sulfide) groups is 1. The molecule has 1 aromatic rings. The van der Waals surface area contributed by atoms with Crippen molar-refractivity contribution in [2.45, 2.75) is 23.5 Å². The van der Waals surface area contributed by atoms with E-state index >= 15 is 0 Å². The molecular weight excluding hydrogens is 352 g/mol. The van der Waals surface area contributed by atoms with Crippen molar-refractivity contribution in [1.82, 2.24) is 10.2 Å². The van der Waals surface area contributed by atoms with Crippen molar-refractivity contribution < 1.29 is 14.3 Å². The predicted molar refractivity (Wildman–Crippen MR) is 103 cm³/mol. The third kappa shape index (κ3) is 8.85. The van der Waals surface area contributed by atoms with Gasteiger partial charge in [0, 0.05) is 30.2 Å². The molecule has 2 N–H and O–H groups in total. The predicted octanol–water partition coefficient (Wildman–Crippen LogP) is 1.71. The SMILES string of the molecule is COCCNC(=O)CN(C)CC(=O)Nc1ccccc1S[C@@H](C)CC#N. The average Bonchev–Trinajstić information content (AvgIpc) is 2.56. The van der Waals surface area contributed by atoms with E-state index in [0.717, 1.165) is 4.90 Å². The van der Waals surface area contributed by atoms with E-state index in [1.807, 2.05) is 31.2 Å². The van der Waals surface area contributed by atoms with Crippen LogP contribution in [0.3, 0.4) is 0 Å². The van der Waals surface area contributed by atoms with Gasteiger partial charge in [0.05, 0.1) is 31.5 Å². The molecule has 0 aromatic heterocycles. The highest BCUT2D eigenvalue weighted by Crippen LogP contribution is 2.31. The molecule has 0 aliphatic carbocycles. The Morgan fingerprint density at radius 3 is 2.69 bits per heavy atom. The van der Waals surface area contributed by atoms with E-state index in [4.69, 9.17) is 10.00 Å². The third-order valence-corrected chi connectivity index (χ3v) is 4.50. The number of nitrogens with zero attached hydrogens (tertiary/aromatic N) is 2. The largest absolute Gasteiger partial charge is 0.383 e. The molecule has 1 atom stereocenters. The summed E-state index contributed by atoms with van der Waals surface area (Å²) < 4.78 is 4.87. The topological polar surface area (TPSA) is 94.5 Å². The molecule has 1 aromatic carbocycles. The first-order valence-electron chi connectivity index (χ1n) is 8.33. The number of anilines is 1. The summed E-state index contributed by atoms with van der Waals surface area (Å²) in [5.74, 6) is -0.350. The molecule has 0 heterocycles. The fourth-order valence-corrected chi connectivity index (χ4v) is 3.14. The third-order valence-electron chi connectivity index (χ3n) is 3.32. The van der Waals surface area contributed by atoms with Crippen molar-refractivity contribution in [2.24, 2.45) is 0 Å². The van der Waals surface area contributed by atoms with Gasteiger partial charge in [0.15, 0.2) is 0 Å². The van der Waals surface area contributed by atoms with E-state index in [0.29, 0.717) is 25.3 Å². The molecule has 2 amide bonds. The van der Waals surface area contributed by atoms with E-state index < -0.39 is 0 Å². The van der Waals surface area contributed by atoms with Crippen molar-refractivity contribution >= 4 is 29.3 Å². The van der Waals surface area contributed by atoms with Crippen LogP contribution in [0.15, 0.2) is 29.2 Å². The van der Waals surface area contributed by atoms with Crippen LogP contribution < -0.4 is 10.6 Å². The van der Waals surface area contributed by atoms with Gasteiger partial charge in [-0.05, 0) is 19.2 Å². The quantitative estimate of drug-likeness (QED) is 0.450. The standard InChI is InChI=1S/C18H26N4O3S/c1-14(8-9-19)26-16-7-5-4-6-15(16)21-18(24)13-22(2)12-17(23)20-10-11-25-3/h4-7,14H,8,10-13H2,1-3H3,(H,20,23)(H,21,24)/t14-/m0/s1. The maximum Gasteiger partial charge on any atom is 0.238 e. The van der Waals surface area contributed by atoms with E-state index in [2.05, 4.69) is 16.7 Å². The zero-order valence-corrected chi connectivity index (χ0v) is 16.3. The highest BCUT2D eigenvalue weighted by Gasteiger charge is 2.13. The molecule has 1 rings (SSSR count). The van der Waals surface area contributed by atoms with Crippen LogP contribution >= 0.6 is 11.8 Å². The molecule has 8 heteroatoms. The minimum atomic E-state index is -0.196. The number of rotatable bonds is 11. The van der Waals surface area contributed by atoms with Gasteiger partial charge in [-0.1, -0.05) is 19.1 Å². The van der Waals surface area contributed by atoms with Gasteiger partial charge in [-0.2, -0.15) is 5.26 Å². The summed E-state index contributed by atoms with van der Waals surface area (Å²) in [6, 6.07) is 9.64. The number of likely N-dealkylation sites (N-methyl/N-ethyl adjacent to an activating group) is 1. The number of ether oxygens (including phenoxy) is 1. The Labute approximate surface area is 159 Å². The molecule has 0 saturated carbocycles. The van der Waals surface area contributed by atoms with Gasteiger partial charge in [0.1, 0.15) is 0 Å². The number of nitriles is 1. The number of carbonyl (C=O) groups is 2. The van der Waals surface area contributed by atoms with Crippen LogP contribution in [0.4, 0.5) is 5.69 Å². The zero-order chi connectivity index (χ0) is 19.4. The second-order valence-electron chi connectivity index (χ2n) is 5.85. The molecule has 0 fully saturated rings. The molecule has 26 heavy (non-hydrogen) atoms. The fourth-order valence-electron chi connectivity index (χ4n) is 2.14. The first kappa shape index (κ1) is 22.0. The van der Waals surface area contributed by atoms with Gasteiger partial charge in [-0.3, -0.25) is 14.5 Å². The van der Waals surface area contributed by atoms with Crippen molar-refractivity contribution in [2.75, 3.05) is 45.7 Å². The molecule has 142 valence electrons. The molecule has 0 saturated heterocycles. The van der Waals surface area contributed by atoms with Crippen LogP contribution in [0.25, 0.3) is 0 Å². The van der Waals surface area contributed by atoms with E-state index in [1.165, 1.54) is 0 Å². The summed E-state index contributed by atoms with van der Waals surface area (Å²) in [4.78, 5) is 26.6. The molecule has 0 aliphatic heterocycles. The summed E-state index contributed by atoms with van der Waals surface area (Å²) in [6.07, 6.45) is 0.438. The molecule has 0 unspecified atom stereocenters. The lowest BCUT2D eigenvalue weighted by Crippen LogP contribution is -2.39. The lowest BCUT2D eigenvalue weighted by atomic mass is 10.3. The van der Waals surface area contributed by atoms with Gasteiger partial charge >= 0.3 is 0 Å². The van der Waals surface area contributed by atoms with Gasteiger partial charge < -0.3 is 15.4 Å². The Morgan fingerprint density at radius 2 is 2.00 bits per heavy atom. The molecule has 0 radical (unpaired) electrons. The van der Waals surface area contributed by atoms with E-state index in [-0.39, 0.29) is 30.2 Å². The fraction of sp³-hybridized carbons (Fsp3) is 0.500. The number of para-hydroxylation sites is 1. The maximum absolute atomic E-state index is 12.3. The Balaban J connectivity index is 2.52. The normalized spacial score (nSPS) is 11.7. The number of benzene rings is 1. The zero-order valence-electron chi connectivity index (χ0n) is 15.4. The molecule has 7 nitrogen and oxygen atoms in total. The Bertz CT molecular complexity index is 633. The first-order chi connectivity index (χ1) is 12.5. The van der Waals surface area contributed by atoms with Crippen molar-refractivity contribution in [3.8, 4) is 6.07 Å². The number of amides is 2. The van der Waals surface area contributed by atoms with Crippen LogP contribution in [0, 0.1) is 11.3 Å². The second kappa shape index (κ2) is 12.3. The van der Waals surface area contributed by atoms with Crippen LogP contribution in [0.5, 0.6) is 0 Å². The molecular formula is C18H26N4O3S. The van der Waals surface area contributed by atoms with Crippen molar-refractivity contribution in [3.05, 3.63) is 24.3 Å². The Morgan fingerprint density at radius 1 is 1.31 bits per heavy atom. The van der Waals surface area contributed by atoms with Crippen LogP contribution in [0.1, 0.15) is 13.3 Å². The van der Waals surface area contributed by atoms with Gasteiger partial charge in [-0.25, -0.2) is 0 Å². The minimum Gasteiger partial charge on any atom is -0.383 e. The van der Waals surface area contributed by atoms with Crippen molar-refractivity contribution in [3.63, 3.8) is 0 Å². The number of hydrogen-bond acceptors (Lipinski definition) is 6. The van der Waals surface area contributed by atoms with E-state index in [9.17, 15) is 9.59 Å². The highest BCUT2D eigenvalue weighted by atomic mass is 32.2. The number of nitrogens with one attached hydrogen (secondary N) is 2. The lowest BCUT2D eigenvalue weighted by molar-refractivity contribution is -0.123. The smallest absolute Gasteiger partial charge is 0.238 e. The van der Waals surface area contributed by atoms with Crippen molar-refractivity contribution in [1.29, 1.82) is 5.26 Å². The summed E-state index contributed by atoms with van der Waals surface area (Å²) in [7, 11) is 3.28. The van der Waals surface area contributed by atoms with Gasteiger partial charge in [0.2, 0.25) is 11.8 Å². The Kier molecular flexibility index (Phi) is 10.4. The average molecular weight is 378 g/mol. The lowest BCUT2D eigenvalue weighted by Gasteiger charge is -2.17. The summed E-state index contributed by atoms with van der Waals surface area (Å²) >= 11 is 1.55. The molecule has 0 bridgehead atoms. The van der Waals surface area contributed by atoms with Crippen LogP contribution in [0.2, 0.25) is 0 Å². The number of hydrogen-bond donors (Lipinski definition) is 2.